The maximum atomic E-state index is 12.9. The highest BCUT2D eigenvalue weighted by molar-refractivity contribution is 5.80. The molecule has 26 heavy (non-hydrogen) atoms. The Morgan fingerprint density at radius 3 is 2.42 bits per heavy atom. The summed E-state index contributed by atoms with van der Waals surface area (Å²) in [6.45, 7) is 3.81. The van der Waals surface area contributed by atoms with E-state index in [1.165, 1.54) is 30.0 Å². The number of aromatic nitrogens is 4. The van der Waals surface area contributed by atoms with Gasteiger partial charge in [-0.05, 0) is 31.5 Å². The summed E-state index contributed by atoms with van der Waals surface area (Å²) in [6.07, 6.45) is 1.51. The summed E-state index contributed by atoms with van der Waals surface area (Å²) in [7, 11) is 2.99. The van der Waals surface area contributed by atoms with Crippen molar-refractivity contribution in [3.05, 3.63) is 56.5 Å². The molecular formula is C17H19FN6O2. The smallest absolute Gasteiger partial charge is 0.300 e. The Balaban J connectivity index is 2.08. The van der Waals surface area contributed by atoms with Crippen molar-refractivity contribution in [2.24, 2.45) is 19.2 Å². The average Bonchev–Trinajstić information content (AvgIpc) is 3.00. The van der Waals surface area contributed by atoms with Crippen molar-refractivity contribution in [1.82, 2.24) is 18.7 Å². The normalized spacial score (nSPS) is 11.8. The van der Waals surface area contributed by atoms with Gasteiger partial charge in [0.05, 0.1) is 6.21 Å². The highest BCUT2D eigenvalue weighted by Gasteiger charge is 2.20. The van der Waals surface area contributed by atoms with Crippen molar-refractivity contribution in [1.29, 1.82) is 0 Å². The van der Waals surface area contributed by atoms with Crippen LogP contribution in [0.5, 0.6) is 0 Å². The van der Waals surface area contributed by atoms with E-state index >= 15 is 0 Å². The van der Waals surface area contributed by atoms with Crippen LogP contribution in [-0.4, -0.2) is 24.9 Å². The number of hydrogen-bond acceptors (Lipinski definition) is 5. The summed E-state index contributed by atoms with van der Waals surface area (Å²) in [5, 5.41) is 4.11. The molecule has 3 aromatic rings. The van der Waals surface area contributed by atoms with Gasteiger partial charge in [0.25, 0.3) is 5.56 Å². The minimum Gasteiger partial charge on any atom is -0.300 e. The van der Waals surface area contributed by atoms with E-state index in [2.05, 4.69) is 15.5 Å². The summed E-state index contributed by atoms with van der Waals surface area (Å²) in [6, 6.07) is 5.76. The first-order chi connectivity index (χ1) is 12.3. The van der Waals surface area contributed by atoms with Crippen molar-refractivity contribution in [2.75, 3.05) is 5.43 Å². The Kier molecular flexibility index (Phi) is 4.45. The molecule has 0 aliphatic carbocycles. The van der Waals surface area contributed by atoms with Crippen LogP contribution in [0.3, 0.4) is 0 Å². The number of fused-ring (bicyclic) bond motifs is 1. The van der Waals surface area contributed by atoms with Crippen LogP contribution < -0.4 is 16.7 Å². The fourth-order valence-electron chi connectivity index (χ4n) is 2.71. The molecule has 136 valence electrons. The standard InChI is InChI=1S/C17H19FN6O2/c1-10(2)24-13-14(22(3)17(26)23(4)15(13)25)20-16(24)21-19-9-11-5-7-12(18)8-6-11/h5-10H,1-4H3,(H,20,21)/b19-9-. The molecule has 0 amide bonds. The first-order valence-corrected chi connectivity index (χ1v) is 8.04. The van der Waals surface area contributed by atoms with Gasteiger partial charge in [-0.2, -0.15) is 10.1 Å². The first kappa shape index (κ1) is 17.6. The van der Waals surface area contributed by atoms with E-state index in [0.29, 0.717) is 17.0 Å². The summed E-state index contributed by atoms with van der Waals surface area (Å²) in [4.78, 5) is 29.0. The van der Waals surface area contributed by atoms with Crippen LogP contribution in [0.25, 0.3) is 11.2 Å². The minimum atomic E-state index is -0.447. The zero-order chi connectivity index (χ0) is 19.0. The van der Waals surface area contributed by atoms with E-state index in [1.54, 1.807) is 23.7 Å². The molecule has 2 aromatic heterocycles. The van der Waals surface area contributed by atoms with Crippen molar-refractivity contribution < 1.29 is 4.39 Å². The molecule has 0 aliphatic rings. The maximum absolute atomic E-state index is 12.9. The number of hydrazone groups is 1. The van der Waals surface area contributed by atoms with Crippen LogP contribution in [0.2, 0.25) is 0 Å². The van der Waals surface area contributed by atoms with Gasteiger partial charge in [-0.1, -0.05) is 12.1 Å². The van der Waals surface area contributed by atoms with Gasteiger partial charge in [-0.15, -0.1) is 0 Å². The summed E-state index contributed by atoms with van der Waals surface area (Å²) in [5.74, 6) is 0.0140. The molecule has 2 heterocycles. The quantitative estimate of drug-likeness (QED) is 0.567. The SMILES string of the molecule is CC(C)n1c(N/N=C\c2ccc(F)cc2)nc2c1c(=O)n(C)c(=O)n2C. The highest BCUT2D eigenvalue weighted by Crippen LogP contribution is 2.20. The molecule has 0 radical (unpaired) electrons. The van der Waals surface area contributed by atoms with Crippen molar-refractivity contribution in [3.63, 3.8) is 0 Å². The second-order valence-electron chi connectivity index (χ2n) is 6.20. The number of nitrogens with zero attached hydrogens (tertiary/aromatic N) is 5. The van der Waals surface area contributed by atoms with Crippen LogP contribution in [0.4, 0.5) is 10.3 Å². The average molecular weight is 358 g/mol. The molecular weight excluding hydrogens is 339 g/mol. The molecule has 0 spiro atoms. The van der Waals surface area contributed by atoms with Crippen molar-refractivity contribution in [2.45, 2.75) is 19.9 Å². The molecule has 0 saturated heterocycles. The summed E-state index contributed by atoms with van der Waals surface area (Å²) in [5.41, 5.74) is 3.25. The Hall–Kier alpha value is -3.23. The Bertz CT molecular complexity index is 1110. The molecule has 0 bridgehead atoms. The summed E-state index contributed by atoms with van der Waals surface area (Å²) >= 11 is 0. The van der Waals surface area contributed by atoms with Gasteiger partial charge in [0.15, 0.2) is 11.2 Å². The van der Waals surface area contributed by atoms with Gasteiger partial charge < -0.3 is 4.57 Å². The van der Waals surface area contributed by atoms with E-state index in [-0.39, 0.29) is 17.5 Å². The van der Waals surface area contributed by atoms with E-state index in [4.69, 9.17) is 0 Å². The molecule has 0 fully saturated rings. The fourth-order valence-corrected chi connectivity index (χ4v) is 2.71. The lowest BCUT2D eigenvalue weighted by Gasteiger charge is -2.12. The van der Waals surface area contributed by atoms with E-state index in [9.17, 15) is 14.0 Å². The van der Waals surface area contributed by atoms with E-state index < -0.39 is 11.2 Å². The lowest BCUT2D eigenvalue weighted by atomic mass is 10.2. The first-order valence-electron chi connectivity index (χ1n) is 8.04. The number of anilines is 1. The van der Waals surface area contributed by atoms with Crippen molar-refractivity contribution >= 4 is 23.3 Å². The number of rotatable bonds is 4. The van der Waals surface area contributed by atoms with Crippen LogP contribution in [0.1, 0.15) is 25.5 Å². The van der Waals surface area contributed by atoms with Crippen LogP contribution in [-0.2, 0) is 14.1 Å². The minimum absolute atomic E-state index is 0.0891. The highest BCUT2D eigenvalue weighted by atomic mass is 19.1. The molecule has 9 heteroatoms. The van der Waals surface area contributed by atoms with Gasteiger partial charge in [-0.3, -0.25) is 13.9 Å². The third kappa shape index (κ3) is 2.92. The lowest BCUT2D eigenvalue weighted by Crippen LogP contribution is -2.37. The van der Waals surface area contributed by atoms with E-state index in [1.807, 2.05) is 13.8 Å². The Morgan fingerprint density at radius 2 is 1.81 bits per heavy atom. The number of imidazole rings is 1. The Labute approximate surface area is 148 Å². The zero-order valence-electron chi connectivity index (χ0n) is 14.9. The van der Waals surface area contributed by atoms with Gasteiger partial charge in [0.1, 0.15) is 5.82 Å². The molecule has 0 saturated carbocycles. The number of aryl methyl sites for hydroxylation is 1. The van der Waals surface area contributed by atoms with Gasteiger partial charge in [-0.25, -0.2) is 14.6 Å². The van der Waals surface area contributed by atoms with Crippen molar-refractivity contribution in [3.8, 4) is 0 Å². The third-order valence-corrected chi connectivity index (χ3v) is 4.06. The molecule has 8 nitrogen and oxygen atoms in total. The van der Waals surface area contributed by atoms with Crippen LogP contribution in [0, 0.1) is 5.82 Å². The monoisotopic (exact) mass is 358 g/mol. The van der Waals surface area contributed by atoms with Crippen LogP contribution in [0.15, 0.2) is 39.0 Å². The number of hydrogen-bond donors (Lipinski definition) is 1. The number of halogens is 1. The second kappa shape index (κ2) is 6.58. The van der Waals surface area contributed by atoms with Gasteiger partial charge in [0.2, 0.25) is 5.95 Å². The topological polar surface area (TPSA) is 86.2 Å². The molecule has 0 unspecified atom stereocenters. The molecule has 3 rings (SSSR count). The molecule has 0 aliphatic heterocycles. The molecule has 1 N–H and O–H groups in total. The largest absolute Gasteiger partial charge is 0.332 e. The molecule has 0 atom stereocenters. The van der Waals surface area contributed by atoms with E-state index in [0.717, 1.165) is 4.57 Å². The third-order valence-electron chi connectivity index (χ3n) is 4.06. The summed E-state index contributed by atoms with van der Waals surface area (Å²) < 4.78 is 17.0. The van der Waals surface area contributed by atoms with Gasteiger partial charge in [0, 0.05) is 20.1 Å². The van der Waals surface area contributed by atoms with Crippen LogP contribution >= 0.6 is 0 Å². The molecule has 1 aromatic carbocycles. The maximum Gasteiger partial charge on any atom is 0.332 e. The Morgan fingerprint density at radius 1 is 1.15 bits per heavy atom. The van der Waals surface area contributed by atoms with Gasteiger partial charge >= 0.3 is 5.69 Å². The predicted octanol–water partition coefficient (Wildman–Crippen LogP) is 1.60. The second-order valence-corrected chi connectivity index (χ2v) is 6.20. The lowest BCUT2D eigenvalue weighted by molar-refractivity contribution is 0.615. The fraction of sp³-hybridized carbons (Fsp3) is 0.294. The predicted molar refractivity (Wildman–Crippen MR) is 98.2 cm³/mol. The number of nitrogens with one attached hydrogen (secondary N) is 1. The zero-order valence-corrected chi connectivity index (χ0v) is 14.9. The number of benzene rings is 1.